The van der Waals surface area contributed by atoms with Crippen molar-refractivity contribution >= 4 is 34.0 Å². The first-order valence-electron chi connectivity index (χ1n) is 10.3. The number of benzene rings is 1. The number of amides is 1. The van der Waals surface area contributed by atoms with Crippen molar-refractivity contribution in [3.05, 3.63) is 82.3 Å². The summed E-state index contributed by atoms with van der Waals surface area (Å²) in [6, 6.07) is 11.3. The average molecular weight is 462 g/mol. The van der Waals surface area contributed by atoms with E-state index in [0.717, 1.165) is 16.8 Å². The van der Waals surface area contributed by atoms with Crippen LogP contribution in [0.25, 0.3) is 5.82 Å². The Morgan fingerprint density at radius 2 is 1.94 bits per heavy atom. The Morgan fingerprint density at radius 3 is 2.64 bits per heavy atom. The van der Waals surface area contributed by atoms with Crippen molar-refractivity contribution in [3.63, 3.8) is 0 Å². The molecule has 3 aromatic heterocycles. The highest BCUT2D eigenvalue weighted by atomic mass is 32.1. The fraction of sp³-hybridized carbons (Fsp3) is 0.208. The summed E-state index contributed by atoms with van der Waals surface area (Å²) in [5.41, 5.74) is 4.54. The Bertz CT molecular complexity index is 1310. The molecule has 8 nitrogen and oxygen atoms in total. The molecule has 3 heterocycles. The van der Waals surface area contributed by atoms with Crippen LogP contribution in [0.15, 0.2) is 54.2 Å². The number of thiazole rings is 1. The first kappa shape index (κ1) is 22.3. The minimum Gasteiger partial charge on any atom is -0.455 e. The lowest BCUT2D eigenvalue weighted by Gasteiger charge is -2.19. The van der Waals surface area contributed by atoms with E-state index in [-0.39, 0.29) is 12.5 Å². The van der Waals surface area contributed by atoms with Gasteiger partial charge in [-0.05, 0) is 56.2 Å². The number of carbonyl (C=O) groups is 2. The third kappa shape index (κ3) is 4.68. The van der Waals surface area contributed by atoms with Crippen LogP contribution in [0.1, 0.15) is 39.8 Å². The lowest BCUT2D eigenvalue weighted by Crippen LogP contribution is -2.22. The number of pyridine rings is 1. The van der Waals surface area contributed by atoms with Crippen LogP contribution in [0.4, 0.5) is 10.8 Å². The van der Waals surface area contributed by atoms with Crippen molar-refractivity contribution in [1.82, 2.24) is 19.7 Å². The van der Waals surface area contributed by atoms with Crippen molar-refractivity contribution in [2.75, 3.05) is 4.90 Å². The molecule has 1 aromatic carbocycles. The second-order valence-corrected chi connectivity index (χ2v) is 8.40. The Hall–Kier alpha value is -3.85. The van der Waals surface area contributed by atoms with Crippen LogP contribution >= 0.6 is 11.3 Å². The van der Waals surface area contributed by atoms with Crippen LogP contribution in [-0.4, -0.2) is 31.6 Å². The zero-order chi connectivity index (χ0) is 23.5. The number of ether oxygens (including phenoxy) is 1. The van der Waals surface area contributed by atoms with Gasteiger partial charge in [-0.3, -0.25) is 9.69 Å². The number of aryl methyl sites for hydroxylation is 2. The van der Waals surface area contributed by atoms with Crippen LogP contribution in [0.2, 0.25) is 0 Å². The Kier molecular flexibility index (Phi) is 6.32. The first-order valence-corrected chi connectivity index (χ1v) is 11.2. The predicted molar refractivity (Wildman–Crippen MR) is 126 cm³/mol. The first-order chi connectivity index (χ1) is 15.8. The van der Waals surface area contributed by atoms with E-state index in [1.165, 1.54) is 24.5 Å². The van der Waals surface area contributed by atoms with Crippen LogP contribution in [0.5, 0.6) is 0 Å². The molecule has 0 aliphatic carbocycles. The number of hydrogen-bond acceptors (Lipinski definition) is 7. The smallest absolute Gasteiger partial charge is 0.342 e. The lowest BCUT2D eigenvalue weighted by atomic mass is 10.1. The highest BCUT2D eigenvalue weighted by Crippen LogP contribution is 2.30. The topological polar surface area (TPSA) is 90.2 Å². The second kappa shape index (κ2) is 9.33. The van der Waals surface area contributed by atoms with Gasteiger partial charge in [-0.1, -0.05) is 12.1 Å². The maximum Gasteiger partial charge on any atom is 0.342 e. The molecule has 0 bridgehead atoms. The molecule has 0 aliphatic rings. The van der Waals surface area contributed by atoms with Crippen molar-refractivity contribution in [3.8, 4) is 5.82 Å². The van der Waals surface area contributed by atoms with E-state index in [4.69, 9.17) is 4.74 Å². The van der Waals surface area contributed by atoms with Gasteiger partial charge < -0.3 is 4.74 Å². The standard InChI is InChI=1S/C24H23N5O3S/c1-15-8-9-20(11-16(15)2)28(18(4)30)24-27-19(14-33-24)13-32-23(31)21-12-26-29(17(21)3)22-7-5-6-10-25-22/h5-12,14H,13H2,1-4H3. The van der Waals surface area contributed by atoms with Crippen molar-refractivity contribution in [2.24, 2.45) is 0 Å². The number of nitrogens with zero attached hydrogens (tertiary/aromatic N) is 5. The zero-order valence-electron chi connectivity index (χ0n) is 18.8. The molecule has 0 atom stereocenters. The van der Waals surface area contributed by atoms with Gasteiger partial charge in [0.1, 0.15) is 12.2 Å². The van der Waals surface area contributed by atoms with Gasteiger partial charge in [-0.15, -0.1) is 11.3 Å². The molecule has 0 aliphatic heterocycles. The molecular weight excluding hydrogens is 438 g/mol. The molecule has 0 spiro atoms. The number of carbonyl (C=O) groups excluding carboxylic acids is 2. The molecule has 1 amide bonds. The Labute approximate surface area is 195 Å². The van der Waals surface area contributed by atoms with Crippen LogP contribution in [0.3, 0.4) is 0 Å². The molecule has 9 heteroatoms. The van der Waals surface area contributed by atoms with Crippen molar-refractivity contribution < 1.29 is 14.3 Å². The zero-order valence-corrected chi connectivity index (χ0v) is 19.6. The molecule has 4 rings (SSSR count). The number of aromatic nitrogens is 4. The van der Waals surface area contributed by atoms with E-state index in [2.05, 4.69) is 15.1 Å². The normalized spacial score (nSPS) is 10.8. The summed E-state index contributed by atoms with van der Waals surface area (Å²) in [7, 11) is 0. The molecule has 0 fully saturated rings. The van der Waals surface area contributed by atoms with Gasteiger partial charge >= 0.3 is 5.97 Å². The van der Waals surface area contributed by atoms with Gasteiger partial charge in [0.25, 0.3) is 0 Å². The highest BCUT2D eigenvalue weighted by molar-refractivity contribution is 7.14. The van der Waals surface area contributed by atoms with Crippen molar-refractivity contribution in [2.45, 2.75) is 34.3 Å². The number of rotatable bonds is 6. The van der Waals surface area contributed by atoms with E-state index in [1.807, 2.05) is 50.2 Å². The van der Waals surface area contributed by atoms with E-state index in [0.29, 0.717) is 27.9 Å². The SMILES string of the molecule is CC(=O)N(c1ccc(C)c(C)c1)c1nc(COC(=O)c2cnn(-c3ccccn3)c2C)cs1. The molecule has 0 saturated heterocycles. The third-order valence-corrected chi connectivity index (χ3v) is 6.12. The number of anilines is 2. The van der Waals surface area contributed by atoms with Crippen LogP contribution in [-0.2, 0) is 16.1 Å². The summed E-state index contributed by atoms with van der Waals surface area (Å²) in [5, 5.41) is 6.56. The lowest BCUT2D eigenvalue weighted by molar-refractivity contribution is -0.115. The molecule has 4 aromatic rings. The summed E-state index contributed by atoms with van der Waals surface area (Å²) in [6.45, 7) is 7.30. The van der Waals surface area contributed by atoms with Crippen molar-refractivity contribution in [1.29, 1.82) is 0 Å². The summed E-state index contributed by atoms with van der Waals surface area (Å²) >= 11 is 1.32. The van der Waals surface area contributed by atoms with Gasteiger partial charge in [-0.25, -0.2) is 19.4 Å². The predicted octanol–water partition coefficient (Wildman–Crippen LogP) is 4.69. The molecule has 0 N–H and O–H groups in total. The molecule has 168 valence electrons. The fourth-order valence-corrected chi connectivity index (χ4v) is 4.17. The van der Waals surface area contributed by atoms with Gasteiger partial charge in [0.2, 0.25) is 5.91 Å². The molecular formula is C24H23N5O3S. The maximum absolute atomic E-state index is 12.6. The van der Waals surface area contributed by atoms with E-state index in [9.17, 15) is 9.59 Å². The van der Waals surface area contributed by atoms with Crippen LogP contribution < -0.4 is 4.90 Å². The number of hydrogen-bond donors (Lipinski definition) is 0. The van der Waals surface area contributed by atoms with E-state index in [1.54, 1.807) is 28.1 Å². The monoisotopic (exact) mass is 461 g/mol. The Balaban J connectivity index is 1.48. The molecule has 33 heavy (non-hydrogen) atoms. The Morgan fingerprint density at radius 1 is 1.12 bits per heavy atom. The number of esters is 1. The van der Waals surface area contributed by atoms with Gasteiger partial charge in [0, 0.05) is 18.5 Å². The fourth-order valence-electron chi connectivity index (χ4n) is 3.29. The minimum atomic E-state index is -0.498. The van der Waals surface area contributed by atoms with E-state index >= 15 is 0 Å². The summed E-state index contributed by atoms with van der Waals surface area (Å²) < 4.78 is 7.06. The van der Waals surface area contributed by atoms with Crippen LogP contribution in [0, 0.1) is 20.8 Å². The maximum atomic E-state index is 12.6. The highest BCUT2D eigenvalue weighted by Gasteiger charge is 2.20. The van der Waals surface area contributed by atoms with E-state index < -0.39 is 5.97 Å². The minimum absolute atomic E-state index is 0.0117. The van der Waals surface area contributed by atoms with Gasteiger partial charge in [0.05, 0.1) is 23.3 Å². The molecule has 0 unspecified atom stereocenters. The largest absolute Gasteiger partial charge is 0.455 e. The summed E-state index contributed by atoms with van der Waals surface area (Å²) in [6.07, 6.45) is 3.13. The second-order valence-electron chi connectivity index (χ2n) is 7.56. The van der Waals surface area contributed by atoms with Gasteiger partial charge in [-0.2, -0.15) is 5.10 Å². The molecule has 0 radical (unpaired) electrons. The summed E-state index contributed by atoms with van der Waals surface area (Å²) in [5.74, 6) is -0.0237. The molecule has 0 saturated carbocycles. The van der Waals surface area contributed by atoms with Gasteiger partial charge in [0.15, 0.2) is 10.9 Å². The average Bonchev–Trinajstić information content (AvgIpc) is 3.42. The quantitative estimate of drug-likeness (QED) is 0.387. The third-order valence-electron chi connectivity index (χ3n) is 5.24. The summed E-state index contributed by atoms with van der Waals surface area (Å²) in [4.78, 5) is 35.3.